The molecule has 2 N–H and O–H groups in total. The Morgan fingerprint density at radius 3 is 2.87 bits per heavy atom. The second kappa shape index (κ2) is 7.37. The van der Waals surface area contributed by atoms with E-state index in [1.54, 1.807) is 0 Å². The van der Waals surface area contributed by atoms with Gasteiger partial charge in [-0.2, -0.15) is 0 Å². The number of ether oxygens (including phenoxy) is 2. The molecule has 0 unspecified atom stereocenters. The summed E-state index contributed by atoms with van der Waals surface area (Å²) in [6.45, 7) is 7.41. The molecule has 0 saturated carbocycles. The largest absolute Gasteiger partial charge is 0.454 e. The molecule has 1 aromatic rings. The van der Waals surface area contributed by atoms with Crippen molar-refractivity contribution in [3.05, 3.63) is 36.4 Å². The molecule has 1 fully saturated rings. The van der Waals surface area contributed by atoms with Crippen LogP contribution in [0.5, 0.6) is 11.5 Å². The second-order valence-corrected chi connectivity index (χ2v) is 5.88. The summed E-state index contributed by atoms with van der Waals surface area (Å²) >= 11 is 0. The summed E-state index contributed by atoms with van der Waals surface area (Å²) in [5.74, 6) is 1.49. The summed E-state index contributed by atoms with van der Waals surface area (Å²) < 4.78 is 10.6. The molecule has 6 heteroatoms. The third-order valence-corrected chi connectivity index (χ3v) is 4.20. The number of fused-ring (bicyclic) bond motifs is 1. The molecule has 23 heavy (non-hydrogen) atoms. The van der Waals surface area contributed by atoms with Crippen LogP contribution >= 0.6 is 0 Å². The Hall–Kier alpha value is -2.21. The van der Waals surface area contributed by atoms with Crippen LogP contribution in [0.25, 0.3) is 0 Å². The number of urea groups is 1. The van der Waals surface area contributed by atoms with Gasteiger partial charge >= 0.3 is 6.03 Å². The predicted octanol–water partition coefficient (Wildman–Crippen LogP) is 1.86. The van der Waals surface area contributed by atoms with Gasteiger partial charge in [-0.15, -0.1) is 6.58 Å². The summed E-state index contributed by atoms with van der Waals surface area (Å²) in [4.78, 5) is 14.4. The molecule has 3 rings (SSSR count). The predicted molar refractivity (Wildman–Crippen MR) is 87.6 cm³/mol. The first-order chi connectivity index (χ1) is 11.2. The zero-order valence-corrected chi connectivity index (χ0v) is 13.2. The number of hydrogen-bond acceptors (Lipinski definition) is 4. The highest BCUT2D eigenvalue weighted by molar-refractivity contribution is 5.74. The minimum absolute atomic E-state index is 0.121. The molecule has 0 bridgehead atoms. The molecule has 2 aliphatic heterocycles. The molecule has 2 aliphatic rings. The van der Waals surface area contributed by atoms with Crippen LogP contribution in [-0.4, -0.2) is 43.4 Å². The van der Waals surface area contributed by atoms with Gasteiger partial charge < -0.3 is 20.1 Å². The number of nitrogens with one attached hydrogen (secondary N) is 2. The van der Waals surface area contributed by atoms with E-state index in [1.165, 1.54) is 0 Å². The molecule has 2 amide bonds. The van der Waals surface area contributed by atoms with E-state index in [4.69, 9.17) is 9.47 Å². The van der Waals surface area contributed by atoms with Gasteiger partial charge in [0.1, 0.15) is 0 Å². The monoisotopic (exact) mass is 317 g/mol. The van der Waals surface area contributed by atoms with Gasteiger partial charge in [-0.3, -0.25) is 4.90 Å². The number of benzene rings is 1. The van der Waals surface area contributed by atoms with E-state index in [1.807, 2.05) is 24.3 Å². The van der Waals surface area contributed by atoms with E-state index in [2.05, 4.69) is 22.1 Å². The van der Waals surface area contributed by atoms with Crippen molar-refractivity contribution in [1.82, 2.24) is 15.5 Å². The molecular weight excluding hydrogens is 294 g/mol. The molecule has 1 aromatic carbocycles. The molecule has 0 atom stereocenters. The van der Waals surface area contributed by atoms with Crippen molar-refractivity contribution in [2.75, 3.05) is 26.4 Å². The summed E-state index contributed by atoms with van der Waals surface area (Å²) in [5, 5.41) is 5.94. The molecule has 6 nitrogen and oxygen atoms in total. The number of likely N-dealkylation sites (tertiary alicyclic amines) is 1. The molecule has 2 heterocycles. The average molecular weight is 317 g/mol. The SMILES string of the molecule is C=CCN1CCC(NC(=O)NCc2ccc3c(c2)OCO3)CC1. The fourth-order valence-electron chi connectivity index (χ4n) is 2.91. The summed E-state index contributed by atoms with van der Waals surface area (Å²) in [6, 6.07) is 5.82. The first-order valence-electron chi connectivity index (χ1n) is 8.01. The van der Waals surface area contributed by atoms with Gasteiger partial charge in [-0.25, -0.2) is 4.79 Å². The van der Waals surface area contributed by atoms with E-state index in [9.17, 15) is 4.79 Å². The number of hydrogen-bond donors (Lipinski definition) is 2. The molecule has 1 saturated heterocycles. The molecule has 0 aromatic heterocycles. The number of carbonyl (C=O) groups is 1. The lowest BCUT2D eigenvalue weighted by Gasteiger charge is -2.31. The van der Waals surface area contributed by atoms with Crippen LogP contribution in [0.15, 0.2) is 30.9 Å². The van der Waals surface area contributed by atoms with E-state index in [0.29, 0.717) is 6.54 Å². The zero-order chi connectivity index (χ0) is 16.1. The lowest BCUT2D eigenvalue weighted by molar-refractivity contribution is 0.174. The van der Waals surface area contributed by atoms with E-state index < -0.39 is 0 Å². The van der Waals surface area contributed by atoms with E-state index in [-0.39, 0.29) is 18.9 Å². The summed E-state index contributed by atoms with van der Waals surface area (Å²) in [7, 11) is 0. The quantitative estimate of drug-likeness (QED) is 0.814. The topological polar surface area (TPSA) is 62.8 Å². The van der Waals surface area contributed by atoms with Crippen molar-refractivity contribution in [3.8, 4) is 11.5 Å². The highest BCUT2D eigenvalue weighted by atomic mass is 16.7. The van der Waals surface area contributed by atoms with Crippen LogP contribution in [0.4, 0.5) is 4.79 Å². The fraction of sp³-hybridized carbons (Fsp3) is 0.471. The normalized spacial score (nSPS) is 17.7. The van der Waals surface area contributed by atoms with Crippen LogP contribution in [0.2, 0.25) is 0 Å². The summed E-state index contributed by atoms with van der Waals surface area (Å²) in [5.41, 5.74) is 0.991. The smallest absolute Gasteiger partial charge is 0.315 e. The lowest BCUT2D eigenvalue weighted by Crippen LogP contribution is -2.47. The van der Waals surface area contributed by atoms with Gasteiger partial charge in [0.05, 0.1) is 0 Å². The Morgan fingerprint density at radius 1 is 1.30 bits per heavy atom. The van der Waals surface area contributed by atoms with Crippen LogP contribution in [0.1, 0.15) is 18.4 Å². The van der Waals surface area contributed by atoms with Crippen molar-refractivity contribution < 1.29 is 14.3 Å². The number of carbonyl (C=O) groups excluding carboxylic acids is 1. The standard InChI is InChI=1S/C17H23N3O3/c1-2-7-20-8-5-14(6-9-20)19-17(21)18-11-13-3-4-15-16(10-13)23-12-22-15/h2-4,10,14H,1,5-9,11-12H2,(H2,18,19,21). The maximum atomic E-state index is 12.0. The average Bonchev–Trinajstić information content (AvgIpc) is 3.03. The molecule has 0 aliphatic carbocycles. The van der Waals surface area contributed by atoms with Gasteiger partial charge in [0.15, 0.2) is 11.5 Å². The van der Waals surface area contributed by atoms with Crippen molar-refractivity contribution in [3.63, 3.8) is 0 Å². The second-order valence-electron chi connectivity index (χ2n) is 5.88. The molecule has 124 valence electrons. The number of piperidine rings is 1. The highest BCUT2D eigenvalue weighted by Crippen LogP contribution is 2.32. The van der Waals surface area contributed by atoms with Crippen molar-refractivity contribution in [2.45, 2.75) is 25.4 Å². The van der Waals surface area contributed by atoms with Crippen LogP contribution in [-0.2, 0) is 6.54 Å². The van der Waals surface area contributed by atoms with Gasteiger partial charge in [-0.1, -0.05) is 12.1 Å². The van der Waals surface area contributed by atoms with Crippen LogP contribution in [0.3, 0.4) is 0 Å². The van der Waals surface area contributed by atoms with Crippen LogP contribution < -0.4 is 20.1 Å². The third-order valence-electron chi connectivity index (χ3n) is 4.20. The Balaban J connectivity index is 1.41. The van der Waals surface area contributed by atoms with Gasteiger partial charge in [-0.05, 0) is 30.5 Å². The van der Waals surface area contributed by atoms with Gasteiger partial charge in [0.2, 0.25) is 6.79 Å². The Bertz CT molecular complexity index is 568. The highest BCUT2D eigenvalue weighted by Gasteiger charge is 2.20. The summed E-state index contributed by atoms with van der Waals surface area (Å²) in [6.07, 6.45) is 3.88. The third kappa shape index (κ3) is 4.16. The van der Waals surface area contributed by atoms with E-state index >= 15 is 0 Å². The Kier molecular flexibility index (Phi) is 5.02. The Labute approximate surface area is 136 Å². The number of rotatable bonds is 5. The maximum Gasteiger partial charge on any atom is 0.315 e. The first kappa shape index (κ1) is 15.7. The zero-order valence-electron chi connectivity index (χ0n) is 13.2. The maximum absolute atomic E-state index is 12.0. The number of nitrogens with zero attached hydrogens (tertiary/aromatic N) is 1. The van der Waals surface area contributed by atoms with Crippen LogP contribution in [0, 0.1) is 0 Å². The molecular formula is C17H23N3O3. The molecule has 0 spiro atoms. The minimum atomic E-state index is -0.121. The van der Waals surface area contributed by atoms with Gasteiger partial charge in [0, 0.05) is 32.2 Å². The lowest BCUT2D eigenvalue weighted by atomic mass is 10.1. The minimum Gasteiger partial charge on any atom is -0.454 e. The van der Waals surface area contributed by atoms with Gasteiger partial charge in [0.25, 0.3) is 0 Å². The van der Waals surface area contributed by atoms with E-state index in [0.717, 1.165) is 49.5 Å². The van der Waals surface area contributed by atoms with Crippen molar-refractivity contribution in [2.24, 2.45) is 0 Å². The Morgan fingerprint density at radius 2 is 2.09 bits per heavy atom. The van der Waals surface area contributed by atoms with Crippen molar-refractivity contribution >= 4 is 6.03 Å². The first-order valence-corrected chi connectivity index (χ1v) is 8.01. The molecule has 0 radical (unpaired) electrons. The van der Waals surface area contributed by atoms with Crippen molar-refractivity contribution in [1.29, 1.82) is 0 Å². The number of amides is 2. The fourth-order valence-corrected chi connectivity index (χ4v) is 2.91.